The van der Waals surface area contributed by atoms with Crippen molar-refractivity contribution in [1.29, 1.82) is 0 Å². The number of nitrogens with zero attached hydrogens (tertiary/aromatic N) is 1. The third kappa shape index (κ3) is 13.2. The van der Waals surface area contributed by atoms with E-state index in [2.05, 4.69) is 26.3 Å². The number of hydrogen-bond acceptors (Lipinski definition) is 1. The van der Waals surface area contributed by atoms with Gasteiger partial charge in [0.2, 0.25) is 0 Å². The van der Waals surface area contributed by atoms with Crippen LogP contribution in [0.4, 0.5) is 5.69 Å². The molecule has 3 nitrogen and oxygen atoms in total. The zero-order valence-electron chi connectivity index (χ0n) is 17.1. The van der Waals surface area contributed by atoms with Gasteiger partial charge in [-0.3, -0.25) is 4.79 Å². The van der Waals surface area contributed by atoms with Crippen molar-refractivity contribution in [3.63, 3.8) is 0 Å². The van der Waals surface area contributed by atoms with Crippen molar-refractivity contribution in [1.82, 2.24) is 0 Å². The van der Waals surface area contributed by atoms with Crippen LogP contribution in [0.3, 0.4) is 0 Å². The van der Waals surface area contributed by atoms with Gasteiger partial charge in [0.15, 0.2) is 6.54 Å². The molecular formula is C22H39ClN2O. The number of rotatable bonds is 14. The fraction of sp³-hybridized carbons (Fsp3) is 0.682. The van der Waals surface area contributed by atoms with E-state index in [4.69, 9.17) is 0 Å². The summed E-state index contributed by atoms with van der Waals surface area (Å²) in [6, 6.07) is 9.71. The van der Waals surface area contributed by atoms with Gasteiger partial charge in [0.25, 0.3) is 5.91 Å². The van der Waals surface area contributed by atoms with Crippen LogP contribution < -0.4 is 17.7 Å². The Morgan fingerprint density at radius 1 is 0.846 bits per heavy atom. The molecule has 0 unspecified atom stereocenters. The summed E-state index contributed by atoms with van der Waals surface area (Å²) in [4.78, 5) is 12.2. The fourth-order valence-electron chi connectivity index (χ4n) is 3.22. The van der Waals surface area contributed by atoms with Crippen molar-refractivity contribution >= 4 is 11.6 Å². The maximum atomic E-state index is 12.2. The van der Waals surface area contributed by atoms with Gasteiger partial charge in [-0.15, -0.1) is 0 Å². The van der Waals surface area contributed by atoms with Crippen LogP contribution in [-0.2, 0) is 4.79 Å². The minimum absolute atomic E-state index is 0. The molecule has 0 saturated carbocycles. The molecule has 1 rings (SSSR count). The molecule has 26 heavy (non-hydrogen) atoms. The molecule has 0 spiro atoms. The lowest BCUT2D eigenvalue weighted by Gasteiger charge is -2.29. The van der Waals surface area contributed by atoms with Crippen LogP contribution in [0.15, 0.2) is 30.3 Å². The van der Waals surface area contributed by atoms with E-state index in [9.17, 15) is 4.79 Å². The predicted molar refractivity (Wildman–Crippen MR) is 109 cm³/mol. The average Bonchev–Trinajstić information content (AvgIpc) is 2.57. The number of carbonyl (C=O) groups excluding carboxylic acids is 1. The lowest BCUT2D eigenvalue weighted by Crippen LogP contribution is -3.00. The van der Waals surface area contributed by atoms with Gasteiger partial charge in [-0.1, -0.05) is 76.5 Å². The van der Waals surface area contributed by atoms with Crippen molar-refractivity contribution in [2.45, 2.75) is 71.1 Å². The molecule has 0 aliphatic heterocycles. The van der Waals surface area contributed by atoms with E-state index >= 15 is 0 Å². The first-order valence-electron chi connectivity index (χ1n) is 10.2. The number of amides is 1. The summed E-state index contributed by atoms with van der Waals surface area (Å²) in [5.74, 6) is 0.100. The van der Waals surface area contributed by atoms with Crippen LogP contribution in [0.25, 0.3) is 0 Å². The number of anilines is 1. The van der Waals surface area contributed by atoms with E-state index in [0.717, 1.165) is 16.7 Å². The highest BCUT2D eigenvalue weighted by molar-refractivity contribution is 5.91. The normalized spacial score (nSPS) is 11.0. The molecular weight excluding hydrogens is 344 g/mol. The van der Waals surface area contributed by atoms with Gasteiger partial charge in [0, 0.05) is 5.69 Å². The molecule has 150 valence electrons. The second kappa shape index (κ2) is 15.0. The first-order chi connectivity index (χ1) is 12.0. The Labute approximate surface area is 167 Å². The zero-order chi connectivity index (χ0) is 18.4. The van der Waals surface area contributed by atoms with Crippen LogP contribution in [0.5, 0.6) is 0 Å². The van der Waals surface area contributed by atoms with E-state index in [-0.39, 0.29) is 18.3 Å². The van der Waals surface area contributed by atoms with Crippen molar-refractivity contribution < 1.29 is 21.7 Å². The third-order valence-corrected chi connectivity index (χ3v) is 4.75. The molecule has 0 aliphatic carbocycles. The number of nitrogens with one attached hydrogen (secondary N) is 1. The quantitative estimate of drug-likeness (QED) is 0.389. The molecule has 0 fully saturated rings. The van der Waals surface area contributed by atoms with Crippen LogP contribution in [0.2, 0.25) is 0 Å². The second-order valence-corrected chi connectivity index (χ2v) is 7.91. The molecule has 4 heteroatoms. The Bertz CT molecular complexity index is 462. The number of carbonyl (C=O) groups is 1. The van der Waals surface area contributed by atoms with E-state index < -0.39 is 0 Å². The predicted octanol–water partition coefficient (Wildman–Crippen LogP) is 2.63. The minimum Gasteiger partial charge on any atom is -1.00 e. The van der Waals surface area contributed by atoms with Gasteiger partial charge < -0.3 is 22.2 Å². The Kier molecular flexibility index (Phi) is 14.4. The topological polar surface area (TPSA) is 29.1 Å². The molecule has 0 bridgehead atoms. The largest absolute Gasteiger partial charge is 1.00 e. The third-order valence-electron chi connectivity index (χ3n) is 4.75. The lowest BCUT2D eigenvalue weighted by atomic mass is 10.1. The molecule has 0 radical (unpaired) electrons. The molecule has 1 N–H and O–H groups in total. The number of halogens is 1. The average molecular weight is 383 g/mol. The molecule has 0 aliphatic rings. The Morgan fingerprint density at radius 2 is 1.35 bits per heavy atom. The Balaban J connectivity index is 0.00000625. The number of quaternary nitrogens is 1. The number of likely N-dealkylation sites (N-methyl/N-ethyl adjacent to an activating group) is 1. The smallest absolute Gasteiger partial charge is 0.279 e. The number of hydrogen-bond donors (Lipinski definition) is 1. The highest BCUT2D eigenvalue weighted by atomic mass is 35.5. The first-order valence-corrected chi connectivity index (χ1v) is 10.2. The van der Waals surface area contributed by atoms with Gasteiger partial charge in [-0.25, -0.2) is 0 Å². The van der Waals surface area contributed by atoms with Crippen molar-refractivity contribution in [3.05, 3.63) is 30.3 Å². The summed E-state index contributed by atoms with van der Waals surface area (Å²) in [6.45, 7) is 3.87. The second-order valence-electron chi connectivity index (χ2n) is 7.91. The monoisotopic (exact) mass is 382 g/mol. The summed E-state index contributed by atoms with van der Waals surface area (Å²) in [6.07, 6.45) is 13.5. The maximum Gasteiger partial charge on any atom is 0.279 e. The summed E-state index contributed by atoms with van der Waals surface area (Å²) in [5.41, 5.74) is 0.881. The zero-order valence-corrected chi connectivity index (χ0v) is 17.9. The van der Waals surface area contributed by atoms with Crippen LogP contribution in [0, 0.1) is 0 Å². The number of unbranched alkanes of at least 4 members (excludes halogenated alkanes) is 9. The molecule has 1 aromatic rings. The molecule has 0 atom stereocenters. The van der Waals surface area contributed by atoms with Gasteiger partial charge in [-0.2, -0.15) is 0 Å². The van der Waals surface area contributed by atoms with Crippen LogP contribution in [0.1, 0.15) is 71.1 Å². The summed E-state index contributed by atoms with van der Waals surface area (Å²) >= 11 is 0. The molecule has 0 heterocycles. The summed E-state index contributed by atoms with van der Waals surface area (Å²) < 4.78 is 0.760. The van der Waals surface area contributed by atoms with Gasteiger partial charge in [0.05, 0.1) is 20.6 Å². The Hall–Kier alpha value is -1.06. The van der Waals surface area contributed by atoms with E-state index in [1.54, 1.807) is 0 Å². The van der Waals surface area contributed by atoms with E-state index in [1.807, 2.05) is 30.3 Å². The molecule has 1 amide bonds. The van der Waals surface area contributed by atoms with Crippen LogP contribution in [-0.4, -0.2) is 37.6 Å². The lowest BCUT2D eigenvalue weighted by molar-refractivity contribution is -0.882. The number of benzene rings is 1. The van der Waals surface area contributed by atoms with E-state index in [1.165, 1.54) is 64.2 Å². The van der Waals surface area contributed by atoms with Crippen LogP contribution >= 0.6 is 0 Å². The fourth-order valence-corrected chi connectivity index (χ4v) is 3.22. The summed E-state index contributed by atoms with van der Waals surface area (Å²) in [5, 5.41) is 2.98. The van der Waals surface area contributed by atoms with Gasteiger partial charge in [0.1, 0.15) is 0 Å². The minimum atomic E-state index is 0. The maximum absolute atomic E-state index is 12.2. The SMILES string of the molecule is CCCCCCCCCCCC[N+](C)(C)CC(=O)Nc1ccccc1.[Cl-]. The number of para-hydroxylation sites is 1. The van der Waals surface area contributed by atoms with Crippen molar-refractivity contribution in [2.75, 3.05) is 32.5 Å². The molecule has 0 aromatic heterocycles. The van der Waals surface area contributed by atoms with Crippen molar-refractivity contribution in [2.24, 2.45) is 0 Å². The van der Waals surface area contributed by atoms with Crippen molar-refractivity contribution in [3.8, 4) is 0 Å². The highest BCUT2D eigenvalue weighted by Gasteiger charge is 2.19. The van der Waals surface area contributed by atoms with E-state index in [0.29, 0.717) is 6.54 Å². The molecule has 1 aromatic carbocycles. The first kappa shape index (κ1) is 24.9. The van der Waals surface area contributed by atoms with Gasteiger partial charge >= 0.3 is 0 Å². The van der Waals surface area contributed by atoms with Gasteiger partial charge in [-0.05, 0) is 25.0 Å². The Morgan fingerprint density at radius 3 is 1.88 bits per heavy atom. The summed E-state index contributed by atoms with van der Waals surface area (Å²) in [7, 11) is 4.30. The standard InChI is InChI=1S/C22H38N2O.ClH/c1-4-5-6-7-8-9-10-11-12-16-19-24(2,3)20-22(25)23-21-17-14-13-15-18-21;/h13-15,17-18H,4-12,16,19-20H2,1-3H3;1H. The molecule has 0 saturated heterocycles. The highest BCUT2D eigenvalue weighted by Crippen LogP contribution is 2.12.